The number of hydrogen-bond acceptors (Lipinski definition) is 7. The average Bonchev–Trinajstić information content (AvgIpc) is 3.04. The van der Waals surface area contributed by atoms with Gasteiger partial charge in [-0.1, -0.05) is 36.1 Å². The van der Waals surface area contributed by atoms with Crippen molar-refractivity contribution < 1.29 is 13.9 Å². The van der Waals surface area contributed by atoms with E-state index in [-0.39, 0.29) is 17.3 Å². The van der Waals surface area contributed by atoms with Gasteiger partial charge in [-0.2, -0.15) is 5.26 Å². The first kappa shape index (κ1) is 23.7. The highest BCUT2D eigenvalue weighted by Gasteiger charge is 2.32. The molecule has 10 heteroatoms. The molecule has 0 bridgehead atoms. The number of ether oxygens (including phenoxy) is 1. The van der Waals surface area contributed by atoms with Crippen LogP contribution in [0.4, 0.5) is 10.2 Å². The van der Waals surface area contributed by atoms with Crippen LogP contribution in [-0.2, 0) is 23.1 Å². The molecule has 1 saturated heterocycles. The van der Waals surface area contributed by atoms with Gasteiger partial charge in [-0.3, -0.25) is 19.1 Å². The van der Waals surface area contributed by atoms with Crippen LogP contribution in [0.25, 0.3) is 6.08 Å². The third kappa shape index (κ3) is 4.75. The molecule has 0 radical (unpaired) electrons. The van der Waals surface area contributed by atoms with Crippen LogP contribution >= 0.6 is 24.0 Å². The molecule has 0 saturated carbocycles. The molecule has 7 nitrogen and oxygen atoms in total. The number of rotatable bonds is 7. The first-order valence-corrected chi connectivity index (χ1v) is 10.9. The topological polar surface area (TPSA) is 87.4 Å². The summed E-state index contributed by atoms with van der Waals surface area (Å²) in [5.74, 6) is -0.155. The summed E-state index contributed by atoms with van der Waals surface area (Å²) in [5.41, 5.74) is 1.35. The Bertz CT molecular complexity index is 1200. The smallest absolute Gasteiger partial charge is 0.270 e. The number of benzene rings is 1. The molecule has 0 aliphatic carbocycles. The van der Waals surface area contributed by atoms with Gasteiger partial charge in [0, 0.05) is 26.3 Å². The number of hydrogen-bond donors (Lipinski definition) is 1. The lowest BCUT2D eigenvalue weighted by molar-refractivity contribution is -0.122. The first-order chi connectivity index (χ1) is 15.3. The summed E-state index contributed by atoms with van der Waals surface area (Å²) in [4.78, 5) is 27.4. The van der Waals surface area contributed by atoms with Crippen LogP contribution in [-0.4, -0.2) is 40.0 Å². The van der Waals surface area contributed by atoms with Crippen LogP contribution in [0.1, 0.15) is 22.3 Å². The maximum absolute atomic E-state index is 13.2. The Morgan fingerprint density at radius 1 is 1.31 bits per heavy atom. The van der Waals surface area contributed by atoms with Crippen molar-refractivity contribution in [2.75, 3.05) is 25.6 Å². The third-order valence-electron chi connectivity index (χ3n) is 5.04. The number of carbonyl (C=O) groups excluding carboxylic acids is 1. The summed E-state index contributed by atoms with van der Waals surface area (Å²) in [7, 11) is 3.10. The Balaban J connectivity index is 2.05. The molecule has 1 amide bonds. The molecule has 1 N–H and O–H groups in total. The summed E-state index contributed by atoms with van der Waals surface area (Å²) in [6.07, 6.45) is 1.65. The van der Waals surface area contributed by atoms with E-state index in [0.717, 1.165) is 17.3 Å². The van der Waals surface area contributed by atoms with E-state index in [2.05, 4.69) is 5.32 Å². The van der Waals surface area contributed by atoms with Crippen LogP contribution in [0.2, 0.25) is 0 Å². The minimum atomic E-state index is -0.448. The quantitative estimate of drug-likeness (QED) is 0.489. The Morgan fingerprint density at radius 3 is 2.62 bits per heavy atom. The van der Waals surface area contributed by atoms with Crippen molar-refractivity contribution in [3.8, 4) is 6.07 Å². The zero-order valence-corrected chi connectivity index (χ0v) is 19.4. The molecule has 1 aliphatic heterocycles. The summed E-state index contributed by atoms with van der Waals surface area (Å²) < 4.78 is 20.0. The van der Waals surface area contributed by atoms with Gasteiger partial charge in [0.05, 0.1) is 18.1 Å². The molecule has 0 unspecified atom stereocenters. The SMILES string of the molecule is COCCN1C(=O)/C(=C\c2c(C)c(C#N)c(=O)n(C)c2NCc2ccc(F)cc2)SC1=S. The van der Waals surface area contributed by atoms with E-state index in [1.165, 1.54) is 21.6 Å². The summed E-state index contributed by atoms with van der Waals surface area (Å²) in [5, 5.41) is 12.7. The number of nitrogens with zero attached hydrogens (tertiary/aromatic N) is 3. The summed E-state index contributed by atoms with van der Waals surface area (Å²) >= 11 is 6.49. The number of amides is 1. The molecule has 166 valence electrons. The van der Waals surface area contributed by atoms with Gasteiger partial charge >= 0.3 is 0 Å². The summed E-state index contributed by atoms with van der Waals surface area (Å²) in [6.45, 7) is 2.67. The van der Waals surface area contributed by atoms with Gasteiger partial charge in [-0.15, -0.1) is 0 Å². The lowest BCUT2D eigenvalue weighted by atomic mass is 10.0. The van der Waals surface area contributed by atoms with Crippen molar-refractivity contribution >= 4 is 46.1 Å². The van der Waals surface area contributed by atoms with Crippen molar-refractivity contribution in [3.05, 3.63) is 67.6 Å². The lowest BCUT2D eigenvalue weighted by Gasteiger charge is -2.18. The molecule has 0 spiro atoms. The monoisotopic (exact) mass is 472 g/mol. The van der Waals surface area contributed by atoms with Crippen molar-refractivity contribution in [2.24, 2.45) is 7.05 Å². The van der Waals surface area contributed by atoms with E-state index in [1.54, 1.807) is 39.3 Å². The third-order valence-corrected chi connectivity index (χ3v) is 6.42. The number of nitrogens with one attached hydrogen (secondary N) is 1. The zero-order chi connectivity index (χ0) is 23.4. The van der Waals surface area contributed by atoms with Gasteiger partial charge in [-0.05, 0) is 36.3 Å². The molecule has 3 rings (SSSR count). The molecular formula is C22H21FN4O3S2. The lowest BCUT2D eigenvalue weighted by Crippen LogP contribution is -2.31. The second-order valence-corrected chi connectivity index (χ2v) is 8.72. The van der Waals surface area contributed by atoms with Crippen LogP contribution < -0.4 is 10.9 Å². The number of methoxy groups -OCH3 is 1. The molecule has 1 aliphatic rings. The Labute approximate surface area is 194 Å². The van der Waals surface area contributed by atoms with Gasteiger partial charge in [0.15, 0.2) is 0 Å². The molecule has 1 aromatic heterocycles. The van der Waals surface area contributed by atoms with E-state index >= 15 is 0 Å². The fourth-order valence-electron chi connectivity index (χ4n) is 3.24. The van der Waals surface area contributed by atoms with Gasteiger partial charge in [-0.25, -0.2) is 4.39 Å². The predicted octanol–water partition coefficient (Wildman–Crippen LogP) is 3.16. The van der Waals surface area contributed by atoms with Crippen molar-refractivity contribution in [2.45, 2.75) is 13.5 Å². The maximum Gasteiger partial charge on any atom is 0.270 e. The average molecular weight is 473 g/mol. The van der Waals surface area contributed by atoms with Crippen molar-refractivity contribution in [3.63, 3.8) is 0 Å². The molecule has 2 aromatic rings. The number of carbonyl (C=O) groups is 1. The molecule has 32 heavy (non-hydrogen) atoms. The van der Waals surface area contributed by atoms with Crippen LogP contribution in [0.15, 0.2) is 34.0 Å². The van der Waals surface area contributed by atoms with E-state index in [0.29, 0.717) is 45.9 Å². The number of anilines is 1. The normalized spacial score (nSPS) is 14.8. The minimum Gasteiger partial charge on any atom is -0.383 e. The standard InChI is InChI=1S/C22H21FN4O3S2/c1-13-16(10-18-21(29)27(8-9-30-3)22(31)32-18)19(26(2)20(28)17(13)11-24)25-12-14-4-6-15(23)7-5-14/h4-7,10,25H,8-9,12H2,1-3H3/b18-10+. The number of aromatic nitrogens is 1. The van der Waals surface area contributed by atoms with Gasteiger partial charge in [0.1, 0.15) is 27.6 Å². The Kier molecular flexibility index (Phi) is 7.45. The van der Waals surface area contributed by atoms with E-state index in [9.17, 15) is 19.2 Å². The highest BCUT2D eigenvalue weighted by Crippen LogP contribution is 2.34. The van der Waals surface area contributed by atoms with Gasteiger partial charge < -0.3 is 10.1 Å². The molecule has 1 fully saturated rings. The number of thiocarbonyl (C=S) groups is 1. The highest BCUT2D eigenvalue weighted by molar-refractivity contribution is 8.26. The highest BCUT2D eigenvalue weighted by atomic mass is 32.2. The number of thioether (sulfide) groups is 1. The Morgan fingerprint density at radius 2 is 2.00 bits per heavy atom. The molecule has 2 heterocycles. The number of halogens is 1. The van der Waals surface area contributed by atoms with E-state index in [1.807, 2.05) is 6.07 Å². The van der Waals surface area contributed by atoms with Crippen LogP contribution in [0.3, 0.4) is 0 Å². The van der Waals surface area contributed by atoms with E-state index < -0.39 is 5.56 Å². The van der Waals surface area contributed by atoms with Crippen molar-refractivity contribution in [1.82, 2.24) is 9.47 Å². The zero-order valence-electron chi connectivity index (χ0n) is 17.8. The summed E-state index contributed by atoms with van der Waals surface area (Å²) in [6, 6.07) is 7.94. The molecule has 0 atom stereocenters. The Hall–Kier alpha value is -3.00. The first-order valence-electron chi connectivity index (χ1n) is 9.64. The molecule has 1 aromatic carbocycles. The second-order valence-electron chi connectivity index (χ2n) is 7.04. The number of pyridine rings is 1. The van der Waals surface area contributed by atoms with Gasteiger partial charge in [0.2, 0.25) is 0 Å². The maximum atomic E-state index is 13.2. The van der Waals surface area contributed by atoms with E-state index in [4.69, 9.17) is 17.0 Å². The minimum absolute atomic E-state index is 0.000874. The van der Waals surface area contributed by atoms with Gasteiger partial charge in [0.25, 0.3) is 11.5 Å². The van der Waals surface area contributed by atoms with Crippen molar-refractivity contribution in [1.29, 1.82) is 5.26 Å². The number of nitriles is 1. The van der Waals surface area contributed by atoms with Crippen LogP contribution in [0, 0.1) is 24.1 Å². The fourth-order valence-corrected chi connectivity index (χ4v) is 4.53. The fraction of sp³-hybridized carbons (Fsp3) is 0.273. The largest absolute Gasteiger partial charge is 0.383 e. The molecular weight excluding hydrogens is 451 g/mol. The predicted molar refractivity (Wildman–Crippen MR) is 127 cm³/mol. The van der Waals surface area contributed by atoms with Crippen LogP contribution in [0.5, 0.6) is 0 Å². The second kappa shape index (κ2) is 10.1.